The molecule has 0 aliphatic carbocycles. The standard InChI is InChI=1S/C22H47NOSi/c1-7-10-12-14-16-18-20-23(21-19-17-15-13-11-8-2)25(6,9-3)24-22(4)5/h9,22H,3,7-8,10-21H2,1-2,4-6H3. The van der Waals surface area contributed by atoms with Crippen LogP contribution in [-0.4, -0.2) is 32.2 Å². The SMILES string of the molecule is C=C[Si](C)(OC(C)C)N(CCCCCCCC)CCCCCCCC. The van der Waals surface area contributed by atoms with E-state index in [0.29, 0.717) is 0 Å². The van der Waals surface area contributed by atoms with Crippen molar-refractivity contribution < 1.29 is 4.43 Å². The van der Waals surface area contributed by atoms with Gasteiger partial charge in [-0.05, 0) is 46.3 Å². The van der Waals surface area contributed by atoms with E-state index in [0.717, 1.165) is 0 Å². The molecule has 0 amide bonds. The number of hydrogen-bond donors (Lipinski definition) is 0. The Morgan fingerprint density at radius 3 is 1.56 bits per heavy atom. The molecule has 0 aromatic carbocycles. The van der Waals surface area contributed by atoms with Crippen LogP contribution in [0.3, 0.4) is 0 Å². The Hall–Kier alpha value is -0.123. The van der Waals surface area contributed by atoms with Gasteiger partial charge in [0.1, 0.15) is 0 Å². The highest BCUT2D eigenvalue weighted by Gasteiger charge is 2.34. The maximum absolute atomic E-state index is 6.39. The molecule has 25 heavy (non-hydrogen) atoms. The molecule has 0 aromatic rings. The number of hydrogen-bond acceptors (Lipinski definition) is 2. The van der Waals surface area contributed by atoms with Crippen LogP contribution in [0.5, 0.6) is 0 Å². The predicted molar refractivity (Wildman–Crippen MR) is 116 cm³/mol. The van der Waals surface area contributed by atoms with Crippen LogP contribution in [0.15, 0.2) is 12.3 Å². The smallest absolute Gasteiger partial charge is 0.293 e. The van der Waals surface area contributed by atoms with Crippen LogP contribution < -0.4 is 0 Å². The molecular weight excluding hydrogens is 322 g/mol. The summed E-state index contributed by atoms with van der Waals surface area (Å²) in [5.41, 5.74) is 2.14. The molecule has 0 N–H and O–H groups in total. The average Bonchev–Trinajstić information content (AvgIpc) is 2.58. The van der Waals surface area contributed by atoms with E-state index in [1.54, 1.807) is 0 Å². The van der Waals surface area contributed by atoms with E-state index in [4.69, 9.17) is 4.43 Å². The second-order valence-corrected chi connectivity index (χ2v) is 11.3. The van der Waals surface area contributed by atoms with Crippen LogP contribution in [0, 0.1) is 0 Å². The van der Waals surface area contributed by atoms with Gasteiger partial charge in [0.15, 0.2) is 0 Å². The van der Waals surface area contributed by atoms with Crippen molar-refractivity contribution in [1.82, 2.24) is 4.57 Å². The van der Waals surface area contributed by atoms with Crippen molar-refractivity contribution in [3.8, 4) is 0 Å². The quantitative estimate of drug-likeness (QED) is 0.186. The van der Waals surface area contributed by atoms with E-state index in [9.17, 15) is 0 Å². The lowest BCUT2D eigenvalue weighted by Crippen LogP contribution is -2.54. The first-order chi connectivity index (χ1) is 12.0. The minimum absolute atomic E-state index is 0.284. The van der Waals surface area contributed by atoms with Gasteiger partial charge in [0.25, 0.3) is 8.48 Å². The van der Waals surface area contributed by atoms with Gasteiger partial charge in [-0.25, -0.2) is 0 Å². The summed E-state index contributed by atoms with van der Waals surface area (Å²) in [4.78, 5) is 0. The molecule has 0 saturated heterocycles. The highest BCUT2D eigenvalue weighted by molar-refractivity contribution is 6.74. The van der Waals surface area contributed by atoms with Crippen LogP contribution in [-0.2, 0) is 4.43 Å². The maximum Gasteiger partial charge on any atom is 0.293 e. The highest BCUT2D eigenvalue weighted by Crippen LogP contribution is 2.19. The van der Waals surface area contributed by atoms with E-state index >= 15 is 0 Å². The molecule has 150 valence electrons. The zero-order valence-corrected chi connectivity index (χ0v) is 19.1. The molecule has 0 fully saturated rings. The van der Waals surface area contributed by atoms with Crippen LogP contribution in [0.1, 0.15) is 105 Å². The lowest BCUT2D eigenvalue weighted by atomic mass is 10.1. The third kappa shape index (κ3) is 12.8. The lowest BCUT2D eigenvalue weighted by Gasteiger charge is -2.38. The van der Waals surface area contributed by atoms with Crippen LogP contribution >= 0.6 is 0 Å². The summed E-state index contributed by atoms with van der Waals surface area (Å²) < 4.78 is 9.05. The van der Waals surface area contributed by atoms with E-state index < -0.39 is 8.48 Å². The molecular formula is C22H47NOSi. The number of rotatable bonds is 18. The van der Waals surface area contributed by atoms with Crippen molar-refractivity contribution in [3.63, 3.8) is 0 Å². The summed E-state index contributed by atoms with van der Waals surface area (Å²) in [7, 11) is -1.97. The lowest BCUT2D eigenvalue weighted by molar-refractivity contribution is 0.189. The Bertz CT molecular complexity index is 292. The zero-order valence-electron chi connectivity index (χ0n) is 18.1. The third-order valence-electron chi connectivity index (χ3n) is 5.04. The average molecular weight is 370 g/mol. The van der Waals surface area contributed by atoms with Crippen LogP contribution in [0.2, 0.25) is 6.55 Å². The van der Waals surface area contributed by atoms with E-state index in [1.165, 1.54) is 90.1 Å². The van der Waals surface area contributed by atoms with E-state index in [-0.39, 0.29) is 6.10 Å². The topological polar surface area (TPSA) is 12.5 Å². The summed E-state index contributed by atoms with van der Waals surface area (Å²) in [5, 5.41) is 0. The van der Waals surface area contributed by atoms with Gasteiger partial charge in [-0.3, -0.25) is 4.57 Å². The van der Waals surface area contributed by atoms with Gasteiger partial charge in [-0.15, -0.1) is 6.58 Å². The Morgan fingerprint density at radius 2 is 1.20 bits per heavy atom. The largest absolute Gasteiger partial charge is 0.398 e. The fraction of sp³-hybridized carbons (Fsp3) is 0.909. The second kappa shape index (κ2) is 16.1. The molecule has 1 atom stereocenters. The van der Waals surface area contributed by atoms with Crippen molar-refractivity contribution >= 4 is 8.48 Å². The van der Waals surface area contributed by atoms with Crippen molar-refractivity contribution in [3.05, 3.63) is 12.3 Å². The molecule has 0 aliphatic rings. The Balaban J connectivity index is 4.40. The van der Waals surface area contributed by atoms with Crippen molar-refractivity contribution in [1.29, 1.82) is 0 Å². The van der Waals surface area contributed by atoms with Crippen molar-refractivity contribution in [2.45, 2.75) is 117 Å². The molecule has 1 unspecified atom stereocenters. The first-order valence-electron chi connectivity index (χ1n) is 11.1. The molecule has 0 saturated carbocycles. The molecule has 0 aliphatic heterocycles. The van der Waals surface area contributed by atoms with Gasteiger partial charge in [-0.1, -0.05) is 83.8 Å². The van der Waals surface area contributed by atoms with Gasteiger partial charge in [0.2, 0.25) is 0 Å². The first-order valence-corrected chi connectivity index (χ1v) is 13.5. The fourth-order valence-electron chi connectivity index (χ4n) is 3.45. The summed E-state index contributed by atoms with van der Waals surface area (Å²) in [6.07, 6.45) is 16.6. The number of nitrogens with zero attached hydrogens (tertiary/aromatic N) is 1. The molecule has 0 bridgehead atoms. The fourth-order valence-corrected chi connectivity index (χ4v) is 6.11. The van der Waals surface area contributed by atoms with Gasteiger partial charge >= 0.3 is 0 Å². The van der Waals surface area contributed by atoms with E-state index in [1.807, 2.05) is 0 Å². The molecule has 3 heteroatoms. The van der Waals surface area contributed by atoms with E-state index in [2.05, 4.69) is 51.1 Å². The summed E-state index contributed by atoms with van der Waals surface area (Å²) >= 11 is 0. The Kier molecular flexibility index (Phi) is 16.0. The van der Waals surface area contributed by atoms with Crippen LogP contribution in [0.25, 0.3) is 0 Å². The molecule has 0 rings (SSSR count). The minimum Gasteiger partial charge on any atom is -0.398 e. The van der Waals surface area contributed by atoms with Crippen molar-refractivity contribution in [2.75, 3.05) is 13.1 Å². The predicted octanol–water partition coefficient (Wildman–Crippen LogP) is 7.23. The van der Waals surface area contributed by atoms with Gasteiger partial charge in [0, 0.05) is 6.10 Å². The minimum atomic E-state index is -1.97. The molecule has 0 aromatic heterocycles. The Morgan fingerprint density at radius 1 is 0.800 bits per heavy atom. The highest BCUT2D eigenvalue weighted by atomic mass is 28.4. The second-order valence-electron chi connectivity index (χ2n) is 7.95. The number of unbranched alkanes of at least 4 members (excludes halogenated alkanes) is 10. The third-order valence-corrected chi connectivity index (χ3v) is 8.45. The monoisotopic (exact) mass is 369 g/mol. The Labute approximate surface area is 160 Å². The van der Waals surface area contributed by atoms with Gasteiger partial charge in [-0.2, -0.15) is 0 Å². The van der Waals surface area contributed by atoms with Gasteiger partial charge in [0.05, 0.1) is 0 Å². The first kappa shape index (κ1) is 24.9. The summed E-state index contributed by atoms with van der Waals surface area (Å²) in [6.45, 7) is 17.7. The normalized spacial score (nSPS) is 14.2. The molecule has 0 radical (unpaired) electrons. The van der Waals surface area contributed by atoms with Crippen molar-refractivity contribution in [2.24, 2.45) is 0 Å². The summed E-state index contributed by atoms with van der Waals surface area (Å²) in [5.74, 6) is 0. The maximum atomic E-state index is 6.39. The molecule has 0 spiro atoms. The molecule has 0 heterocycles. The summed E-state index contributed by atoms with van der Waals surface area (Å²) in [6, 6.07) is 0. The van der Waals surface area contributed by atoms with Gasteiger partial charge < -0.3 is 4.43 Å². The zero-order chi connectivity index (χ0) is 19.0. The molecule has 2 nitrogen and oxygen atoms in total. The van der Waals surface area contributed by atoms with Crippen LogP contribution in [0.4, 0.5) is 0 Å².